The molecule has 0 radical (unpaired) electrons. The van der Waals surface area contributed by atoms with E-state index in [9.17, 15) is 4.79 Å². The number of nitrogens with zero attached hydrogens (tertiary/aromatic N) is 3. The number of hydrogen-bond acceptors (Lipinski definition) is 6. The average molecular weight is 361 g/mol. The van der Waals surface area contributed by atoms with Crippen LogP contribution in [0.2, 0.25) is 0 Å². The largest absolute Gasteiger partial charge is 0.493 e. The predicted octanol–water partition coefficient (Wildman–Crippen LogP) is 3.73. The standard InChI is InChI=1S/C18H23N3O3S/c1-11(2)17-19-20-18(21(17)13-6-7-13)25-10-14(22)12-5-8-15(23-3)16(9-12)24-4/h5,8-9,11,13H,6-7,10H2,1-4H3. The van der Waals surface area contributed by atoms with Gasteiger partial charge in [0.2, 0.25) is 0 Å². The van der Waals surface area contributed by atoms with Crippen molar-refractivity contribution in [3.05, 3.63) is 29.6 Å². The Balaban J connectivity index is 1.73. The van der Waals surface area contributed by atoms with Crippen molar-refractivity contribution in [2.45, 2.75) is 43.8 Å². The highest BCUT2D eigenvalue weighted by atomic mass is 32.2. The van der Waals surface area contributed by atoms with E-state index >= 15 is 0 Å². The molecule has 6 nitrogen and oxygen atoms in total. The van der Waals surface area contributed by atoms with Crippen molar-refractivity contribution in [3.63, 3.8) is 0 Å². The van der Waals surface area contributed by atoms with Crippen LogP contribution < -0.4 is 9.47 Å². The number of hydrogen-bond donors (Lipinski definition) is 0. The predicted molar refractivity (Wildman–Crippen MR) is 97.0 cm³/mol. The van der Waals surface area contributed by atoms with Crippen LogP contribution in [0.3, 0.4) is 0 Å². The molecule has 0 atom stereocenters. The number of rotatable bonds is 8. The maximum absolute atomic E-state index is 12.5. The van der Waals surface area contributed by atoms with Gasteiger partial charge in [-0.25, -0.2) is 0 Å². The quantitative estimate of drug-likeness (QED) is 0.527. The zero-order valence-corrected chi connectivity index (χ0v) is 15.8. The van der Waals surface area contributed by atoms with Crippen molar-refractivity contribution in [2.75, 3.05) is 20.0 Å². The third kappa shape index (κ3) is 3.81. The molecule has 134 valence electrons. The van der Waals surface area contributed by atoms with Crippen LogP contribution >= 0.6 is 11.8 Å². The molecule has 1 fully saturated rings. The number of Topliss-reactive ketones (excluding diaryl/α,β-unsaturated/α-hetero) is 1. The lowest BCUT2D eigenvalue weighted by atomic mass is 10.1. The first kappa shape index (κ1) is 17.8. The molecule has 0 N–H and O–H groups in total. The number of carbonyl (C=O) groups excluding carboxylic acids is 1. The number of methoxy groups -OCH3 is 2. The van der Waals surface area contributed by atoms with Crippen LogP contribution in [0.5, 0.6) is 11.5 Å². The van der Waals surface area contributed by atoms with Gasteiger partial charge in [0.1, 0.15) is 5.82 Å². The third-order valence-electron chi connectivity index (χ3n) is 4.16. The molecule has 1 heterocycles. The number of thioether (sulfide) groups is 1. The molecule has 0 aliphatic heterocycles. The van der Waals surface area contributed by atoms with Crippen LogP contribution in [0.15, 0.2) is 23.4 Å². The minimum absolute atomic E-state index is 0.0300. The summed E-state index contributed by atoms with van der Waals surface area (Å²) in [5.74, 6) is 2.84. The summed E-state index contributed by atoms with van der Waals surface area (Å²) in [6.45, 7) is 4.23. The minimum Gasteiger partial charge on any atom is -0.493 e. The van der Waals surface area contributed by atoms with Gasteiger partial charge in [-0.1, -0.05) is 25.6 Å². The maximum Gasteiger partial charge on any atom is 0.191 e. The van der Waals surface area contributed by atoms with Crippen molar-refractivity contribution < 1.29 is 14.3 Å². The molecule has 3 rings (SSSR count). The molecule has 1 aromatic heterocycles. The summed E-state index contributed by atoms with van der Waals surface area (Å²) in [4.78, 5) is 12.5. The third-order valence-corrected chi connectivity index (χ3v) is 5.10. The van der Waals surface area contributed by atoms with E-state index in [1.165, 1.54) is 11.8 Å². The first-order valence-corrected chi connectivity index (χ1v) is 9.36. The number of aromatic nitrogens is 3. The van der Waals surface area contributed by atoms with Crippen LogP contribution in [-0.2, 0) is 0 Å². The maximum atomic E-state index is 12.5. The van der Waals surface area contributed by atoms with E-state index in [1.807, 2.05) is 0 Å². The summed E-state index contributed by atoms with van der Waals surface area (Å²) in [5.41, 5.74) is 0.603. The molecule has 25 heavy (non-hydrogen) atoms. The number of ketones is 1. The summed E-state index contributed by atoms with van der Waals surface area (Å²) in [5, 5.41) is 9.46. The van der Waals surface area contributed by atoms with E-state index in [2.05, 4.69) is 28.6 Å². The molecule has 1 aliphatic rings. The first-order valence-electron chi connectivity index (χ1n) is 8.38. The van der Waals surface area contributed by atoms with E-state index in [4.69, 9.17) is 9.47 Å². The van der Waals surface area contributed by atoms with Crippen molar-refractivity contribution in [1.82, 2.24) is 14.8 Å². The van der Waals surface area contributed by atoms with Crippen molar-refractivity contribution >= 4 is 17.5 Å². The highest BCUT2D eigenvalue weighted by molar-refractivity contribution is 7.99. The number of carbonyl (C=O) groups is 1. The van der Waals surface area contributed by atoms with Crippen molar-refractivity contribution in [3.8, 4) is 11.5 Å². The molecule has 1 aliphatic carbocycles. The van der Waals surface area contributed by atoms with Gasteiger partial charge in [0.15, 0.2) is 22.4 Å². The molecule has 0 amide bonds. The molecule has 1 saturated carbocycles. The highest BCUT2D eigenvalue weighted by Gasteiger charge is 2.30. The van der Waals surface area contributed by atoms with Gasteiger partial charge < -0.3 is 14.0 Å². The number of benzene rings is 1. The van der Waals surface area contributed by atoms with E-state index in [-0.39, 0.29) is 5.78 Å². The van der Waals surface area contributed by atoms with Crippen LogP contribution in [0, 0.1) is 0 Å². The van der Waals surface area contributed by atoms with E-state index in [0.29, 0.717) is 34.8 Å². The molecule has 2 aromatic rings. The SMILES string of the molecule is COc1ccc(C(=O)CSc2nnc(C(C)C)n2C2CC2)cc1OC. The first-order chi connectivity index (χ1) is 12.0. The minimum atomic E-state index is 0.0300. The van der Waals surface area contributed by atoms with Gasteiger partial charge >= 0.3 is 0 Å². The van der Waals surface area contributed by atoms with Gasteiger partial charge in [-0.05, 0) is 31.0 Å². The lowest BCUT2D eigenvalue weighted by Crippen LogP contribution is -2.07. The number of ether oxygens (including phenoxy) is 2. The van der Waals surface area contributed by atoms with Crippen LogP contribution in [0.1, 0.15) is 54.8 Å². The smallest absolute Gasteiger partial charge is 0.191 e. The van der Waals surface area contributed by atoms with Gasteiger partial charge in [-0.2, -0.15) is 0 Å². The Morgan fingerprint density at radius 2 is 1.96 bits per heavy atom. The summed E-state index contributed by atoms with van der Waals surface area (Å²) < 4.78 is 12.7. The van der Waals surface area contributed by atoms with Crippen LogP contribution in [-0.4, -0.2) is 40.5 Å². The Morgan fingerprint density at radius 3 is 2.56 bits per heavy atom. The average Bonchev–Trinajstić information content (AvgIpc) is 3.37. The molecule has 1 aromatic carbocycles. The zero-order valence-electron chi connectivity index (χ0n) is 15.0. The van der Waals surface area contributed by atoms with Crippen LogP contribution in [0.4, 0.5) is 0 Å². The second kappa shape index (κ2) is 7.47. The summed E-state index contributed by atoms with van der Waals surface area (Å²) in [6.07, 6.45) is 2.32. The Kier molecular flexibility index (Phi) is 5.32. The second-order valence-corrected chi connectivity index (χ2v) is 7.32. The van der Waals surface area contributed by atoms with Gasteiger partial charge in [0, 0.05) is 17.5 Å². The van der Waals surface area contributed by atoms with E-state index in [1.54, 1.807) is 32.4 Å². The fraction of sp³-hybridized carbons (Fsp3) is 0.500. The molecule has 0 spiro atoms. The van der Waals surface area contributed by atoms with Gasteiger partial charge in [-0.15, -0.1) is 10.2 Å². The molecule has 0 bridgehead atoms. The molecular formula is C18H23N3O3S. The topological polar surface area (TPSA) is 66.2 Å². The monoisotopic (exact) mass is 361 g/mol. The molecule has 0 saturated heterocycles. The Morgan fingerprint density at radius 1 is 1.24 bits per heavy atom. The normalized spacial score (nSPS) is 14.0. The Bertz CT molecular complexity index is 769. The Labute approximate surface area is 151 Å². The highest BCUT2D eigenvalue weighted by Crippen LogP contribution is 2.40. The van der Waals surface area contributed by atoms with Crippen molar-refractivity contribution in [2.24, 2.45) is 0 Å². The van der Waals surface area contributed by atoms with E-state index in [0.717, 1.165) is 23.8 Å². The summed E-state index contributed by atoms with van der Waals surface area (Å²) in [6, 6.07) is 5.72. The summed E-state index contributed by atoms with van der Waals surface area (Å²) in [7, 11) is 3.14. The Hall–Kier alpha value is -2.02. The van der Waals surface area contributed by atoms with E-state index < -0.39 is 0 Å². The van der Waals surface area contributed by atoms with Crippen molar-refractivity contribution in [1.29, 1.82) is 0 Å². The van der Waals surface area contributed by atoms with Crippen LogP contribution in [0.25, 0.3) is 0 Å². The lowest BCUT2D eigenvalue weighted by Gasteiger charge is -2.11. The molecule has 0 unspecified atom stereocenters. The fourth-order valence-electron chi connectivity index (χ4n) is 2.68. The van der Waals surface area contributed by atoms with Gasteiger partial charge in [0.05, 0.1) is 20.0 Å². The molecule has 7 heteroatoms. The fourth-order valence-corrected chi connectivity index (χ4v) is 3.59. The summed E-state index contributed by atoms with van der Waals surface area (Å²) >= 11 is 1.45. The molecular weight excluding hydrogens is 338 g/mol. The second-order valence-electron chi connectivity index (χ2n) is 6.38. The lowest BCUT2D eigenvalue weighted by molar-refractivity contribution is 0.102. The zero-order chi connectivity index (χ0) is 18.0. The van der Waals surface area contributed by atoms with Gasteiger partial charge in [0.25, 0.3) is 0 Å². The van der Waals surface area contributed by atoms with Gasteiger partial charge in [-0.3, -0.25) is 4.79 Å².